The molecule has 1 aliphatic heterocycles. The number of benzene rings is 2. The maximum absolute atomic E-state index is 12.6. The first kappa shape index (κ1) is 21.1. The number of nitrogens with one attached hydrogen (secondary N) is 2. The number of hydrogen-bond donors (Lipinski definition) is 2. The van der Waals surface area contributed by atoms with Gasteiger partial charge in [0.1, 0.15) is 5.75 Å². The molecule has 0 aliphatic carbocycles. The van der Waals surface area contributed by atoms with Crippen LogP contribution in [0.4, 0.5) is 5.69 Å². The minimum atomic E-state index is -0.752. The molecular formula is C22H25ClN2O4. The highest BCUT2D eigenvalue weighted by Crippen LogP contribution is 2.23. The van der Waals surface area contributed by atoms with Crippen molar-refractivity contribution in [2.24, 2.45) is 0 Å². The first-order valence-electron chi connectivity index (χ1n) is 9.66. The fourth-order valence-electron chi connectivity index (χ4n) is 3.12. The zero-order valence-electron chi connectivity index (χ0n) is 16.5. The molecule has 1 aliphatic rings. The van der Waals surface area contributed by atoms with Crippen molar-refractivity contribution in [2.45, 2.75) is 38.9 Å². The van der Waals surface area contributed by atoms with E-state index in [-0.39, 0.29) is 17.9 Å². The largest absolute Gasteiger partial charge is 0.481 e. The highest BCUT2D eigenvalue weighted by Gasteiger charge is 2.21. The molecule has 29 heavy (non-hydrogen) atoms. The Morgan fingerprint density at radius 1 is 1.28 bits per heavy atom. The maximum atomic E-state index is 12.6. The molecule has 1 saturated heterocycles. The molecule has 0 spiro atoms. The standard InChI is InChI=1S/C22H25ClN2O4/c1-14-12-16(23)9-10-20(14)29-15(2)21(26)25-19-8-4-3-7-18(19)22(27)24-13-17-6-5-11-28-17/h3-4,7-10,12,15,17H,5-6,11,13H2,1-2H3,(H,24,27)(H,25,26). The van der Waals surface area contributed by atoms with E-state index >= 15 is 0 Å². The average molecular weight is 417 g/mol. The van der Waals surface area contributed by atoms with Gasteiger partial charge in [0, 0.05) is 18.2 Å². The summed E-state index contributed by atoms with van der Waals surface area (Å²) >= 11 is 5.96. The van der Waals surface area contributed by atoms with Gasteiger partial charge in [-0.1, -0.05) is 23.7 Å². The van der Waals surface area contributed by atoms with Gasteiger partial charge in [0.25, 0.3) is 11.8 Å². The van der Waals surface area contributed by atoms with Gasteiger partial charge in [-0.15, -0.1) is 0 Å². The second kappa shape index (κ2) is 9.76. The topological polar surface area (TPSA) is 76.7 Å². The van der Waals surface area contributed by atoms with Gasteiger partial charge in [0.15, 0.2) is 6.10 Å². The summed E-state index contributed by atoms with van der Waals surface area (Å²) < 4.78 is 11.3. The predicted octanol–water partition coefficient (Wildman–Crippen LogP) is 3.96. The summed E-state index contributed by atoms with van der Waals surface area (Å²) in [7, 11) is 0. The van der Waals surface area contributed by atoms with Crippen molar-refractivity contribution >= 4 is 29.1 Å². The Bertz CT molecular complexity index is 881. The molecule has 2 aromatic rings. The van der Waals surface area contributed by atoms with E-state index in [9.17, 15) is 9.59 Å². The van der Waals surface area contributed by atoms with E-state index in [1.807, 2.05) is 6.92 Å². The Morgan fingerprint density at radius 2 is 2.07 bits per heavy atom. The number of rotatable bonds is 7. The van der Waals surface area contributed by atoms with Gasteiger partial charge >= 0.3 is 0 Å². The van der Waals surface area contributed by atoms with Crippen LogP contribution in [0, 0.1) is 6.92 Å². The van der Waals surface area contributed by atoms with E-state index < -0.39 is 6.10 Å². The van der Waals surface area contributed by atoms with Gasteiger partial charge < -0.3 is 20.1 Å². The summed E-state index contributed by atoms with van der Waals surface area (Å²) in [6.07, 6.45) is 1.25. The van der Waals surface area contributed by atoms with Crippen molar-refractivity contribution in [1.29, 1.82) is 0 Å². The van der Waals surface area contributed by atoms with Crippen LogP contribution >= 0.6 is 11.6 Å². The molecule has 6 nitrogen and oxygen atoms in total. The highest BCUT2D eigenvalue weighted by molar-refractivity contribution is 6.30. The Kier molecular flexibility index (Phi) is 7.12. The van der Waals surface area contributed by atoms with Gasteiger partial charge in [-0.3, -0.25) is 9.59 Å². The smallest absolute Gasteiger partial charge is 0.265 e. The molecule has 0 saturated carbocycles. The molecular weight excluding hydrogens is 392 g/mol. The van der Waals surface area contributed by atoms with Gasteiger partial charge in [0.05, 0.1) is 17.4 Å². The number of amides is 2. The average Bonchev–Trinajstić information content (AvgIpc) is 3.22. The maximum Gasteiger partial charge on any atom is 0.265 e. The van der Waals surface area contributed by atoms with E-state index in [2.05, 4.69) is 10.6 Å². The lowest BCUT2D eigenvalue weighted by Gasteiger charge is -2.18. The SMILES string of the molecule is Cc1cc(Cl)ccc1OC(C)C(=O)Nc1ccccc1C(=O)NCC1CCCO1. The summed E-state index contributed by atoms with van der Waals surface area (Å²) in [5.74, 6) is -0.0168. The van der Waals surface area contributed by atoms with E-state index in [1.165, 1.54) is 0 Å². The first-order chi connectivity index (χ1) is 13.9. The molecule has 1 heterocycles. The monoisotopic (exact) mass is 416 g/mol. The second-order valence-electron chi connectivity index (χ2n) is 7.05. The van der Waals surface area contributed by atoms with Crippen LogP contribution in [0.15, 0.2) is 42.5 Å². The number of para-hydroxylation sites is 1. The van der Waals surface area contributed by atoms with Crippen LogP contribution in [0.25, 0.3) is 0 Å². The van der Waals surface area contributed by atoms with E-state index in [0.717, 1.165) is 25.0 Å². The Balaban J connectivity index is 1.62. The van der Waals surface area contributed by atoms with Crippen molar-refractivity contribution in [1.82, 2.24) is 5.32 Å². The molecule has 3 rings (SSSR count). The summed E-state index contributed by atoms with van der Waals surface area (Å²) in [6.45, 7) is 4.71. The van der Waals surface area contributed by atoms with E-state index in [1.54, 1.807) is 49.4 Å². The van der Waals surface area contributed by atoms with Crippen molar-refractivity contribution in [2.75, 3.05) is 18.5 Å². The zero-order chi connectivity index (χ0) is 20.8. The third-order valence-corrected chi connectivity index (χ3v) is 4.99. The minimum Gasteiger partial charge on any atom is -0.481 e. The molecule has 2 atom stereocenters. The molecule has 0 radical (unpaired) electrons. The fourth-order valence-corrected chi connectivity index (χ4v) is 3.35. The number of carbonyl (C=O) groups excluding carboxylic acids is 2. The number of carbonyl (C=O) groups is 2. The van der Waals surface area contributed by atoms with Crippen LogP contribution in [-0.2, 0) is 9.53 Å². The lowest BCUT2D eigenvalue weighted by molar-refractivity contribution is -0.122. The quantitative estimate of drug-likeness (QED) is 0.716. The van der Waals surface area contributed by atoms with Crippen molar-refractivity contribution < 1.29 is 19.1 Å². The molecule has 154 valence electrons. The summed E-state index contributed by atoms with van der Waals surface area (Å²) in [4.78, 5) is 25.2. The number of hydrogen-bond acceptors (Lipinski definition) is 4. The van der Waals surface area contributed by atoms with E-state index in [0.29, 0.717) is 28.6 Å². The minimum absolute atomic E-state index is 0.0525. The van der Waals surface area contributed by atoms with E-state index in [4.69, 9.17) is 21.1 Å². The summed E-state index contributed by atoms with van der Waals surface area (Å²) in [5, 5.41) is 6.27. The number of halogens is 1. The first-order valence-corrected chi connectivity index (χ1v) is 10.0. The van der Waals surface area contributed by atoms with Crippen LogP contribution in [0.1, 0.15) is 35.7 Å². The molecule has 2 unspecified atom stereocenters. The van der Waals surface area contributed by atoms with Crippen molar-refractivity contribution in [3.63, 3.8) is 0 Å². The third kappa shape index (κ3) is 5.71. The van der Waals surface area contributed by atoms with Crippen LogP contribution in [0.2, 0.25) is 5.02 Å². The Morgan fingerprint density at radius 3 is 2.79 bits per heavy atom. The van der Waals surface area contributed by atoms with Crippen LogP contribution in [0.5, 0.6) is 5.75 Å². The molecule has 0 bridgehead atoms. The van der Waals surface area contributed by atoms with Crippen molar-refractivity contribution in [3.8, 4) is 5.75 Å². The molecule has 7 heteroatoms. The van der Waals surface area contributed by atoms with Crippen LogP contribution in [0.3, 0.4) is 0 Å². The number of anilines is 1. The fraction of sp³-hybridized carbons (Fsp3) is 0.364. The highest BCUT2D eigenvalue weighted by atomic mass is 35.5. The van der Waals surface area contributed by atoms with Gasteiger partial charge in [-0.2, -0.15) is 0 Å². The summed E-state index contributed by atoms with van der Waals surface area (Å²) in [6, 6.07) is 12.1. The van der Waals surface area contributed by atoms with Gasteiger partial charge in [-0.05, 0) is 62.6 Å². The normalized spacial score (nSPS) is 16.9. The lowest BCUT2D eigenvalue weighted by Crippen LogP contribution is -2.34. The molecule has 0 aromatic heterocycles. The molecule has 2 aromatic carbocycles. The van der Waals surface area contributed by atoms with Gasteiger partial charge in [0.2, 0.25) is 0 Å². The van der Waals surface area contributed by atoms with Crippen LogP contribution in [-0.4, -0.2) is 37.2 Å². The third-order valence-electron chi connectivity index (χ3n) is 4.75. The summed E-state index contributed by atoms with van der Waals surface area (Å²) in [5.41, 5.74) is 1.67. The van der Waals surface area contributed by atoms with Crippen molar-refractivity contribution in [3.05, 3.63) is 58.6 Å². The molecule has 2 N–H and O–H groups in total. The Hall–Kier alpha value is -2.57. The lowest BCUT2D eigenvalue weighted by atomic mass is 10.1. The second-order valence-corrected chi connectivity index (χ2v) is 7.49. The predicted molar refractivity (Wildman–Crippen MR) is 113 cm³/mol. The number of aryl methyl sites for hydroxylation is 1. The van der Waals surface area contributed by atoms with Crippen LogP contribution < -0.4 is 15.4 Å². The molecule has 2 amide bonds. The van der Waals surface area contributed by atoms with Gasteiger partial charge in [-0.25, -0.2) is 0 Å². The molecule has 1 fully saturated rings. The number of ether oxygens (including phenoxy) is 2. The zero-order valence-corrected chi connectivity index (χ0v) is 17.3. The Labute approximate surface area is 175 Å².